The Hall–Kier alpha value is -6.92. The molecule has 318 valence electrons. The van der Waals surface area contributed by atoms with E-state index < -0.39 is 0 Å². The molecule has 0 N–H and O–H groups in total. The minimum Gasteiger partial charge on any atom is -0.454 e. The van der Waals surface area contributed by atoms with Gasteiger partial charge in [0.25, 0.3) is 6.71 Å². The fraction of sp³-hybridized carbons (Fsp3) is 0.220. The van der Waals surface area contributed by atoms with Crippen LogP contribution in [0.3, 0.4) is 0 Å². The standard InChI is InChI=1S/C59H52BN3O2/c1-35-32-49-53-50(33-35)63-54-44(57-55(63)43-15-9-11-21-52(43)65-57)17-12-18-46(54)60(53)45-31-30-40(34-48(45)62(49)47-19-13-16-42-41-14-8-10-20-51(41)64-56(42)47)61(38-26-22-36(23-27-38)58(2,3)4)39-28-24-37(25-29-39)59(5,6)7/h8,10,12-24,26-28,30-34H,9,11,25,29H2,1-7H3. The Balaban J connectivity index is 1.11. The Morgan fingerprint density at radius 2 is 1.34 bits per heavy atom. The number of nitrogens with zero attached hydrogens (tertiary/aromatic N) is 3. The van der Waals surface area contributed by atoms with Crippen LogP contribution in [0.1, 0.15) is 78.4 Å². The summed E-state index contributed by atoms with van der Waals surface area (Å²) in [7, 11) is 0. The molecule has 0 unspecified atom stereocenters. The van der Waals surface area contributed by atoms with Crippen molar-refractivity contribution >= 4 is 108 Å². The van der Waals surface area contributed by atoms with Gasteiger partial charge in [-0.1, -0.05) is 120 Å². The number of aryl methyl sites for hydroxylation is 1. The first-order chi connectivity index (χ1) is 31.4. The highest BCUT2D eigenvalue weighted by Gasteiger charge is 2.43. The number of hydrogen-bond acceptors (Lipinski definition) is 4. The molecule has 4 aliphatic rings. The second kappa shape index (κ2) is 13.6. The topological polar surface area (TPSA) is 37.7 Å². The van der Waals surface area contributed by atoms with Crippen molar-refractivity contribution < 1.29 is 8.83 Å². The summed E-state index contributed by atoms with van der Waals surface area (Å²) < 4.78 is 16.3. The molecule has 9 aromatic rings. The van der Waals surface area contributed by atoms with Gasteiger partial charge in [0.2, 0.25) is 0 Å². The largest absolute Gasteiger partial charge is 0.454 e. The van der Waals surface area contributed by atoms with Crippen LogP contribution in [-0.4, -0.2) is 11.3 Å². The summed E-state index contributed by atoms with van der Waals surface area (Å²) in [5.41, 5.74) is 22.4. The van der Waals surface area contributed by atoms with Crippen LogP contribution in [0, 0.1) is 12.3 Å². The molecule has 0 atom stereocenters. The van der Waals surface area contributed by atoms with Gasteiger partial charge in [-0.2, -0.15) is 0 Å². The molecule has 5 heterocycles. The van der Waals surface area contributed by atoms with Crippen molar-refractivity contribution in [1.82, 2.24) is 4.57 Å². The smallest absolute Gasteiger partial charge is 0.252 e. The van der Waals surface area contributed by atoms with Gasteiger partial charge in [0.05, 0.1) is 11.2 Å². The van der Waals surface area contributed by atoms with Gasteiger partial charge in [0.15, 0.2) is 11.2 Å². The molecule has 6 aromatic carbocycles. The van der Waals surface area contributed by atoms with E-state index in [1.807, 2.05) is 0 Å². The van der Waals surface area contributed by atoms with E-state index in [2.05, 4.69) is 202 Å². The van der Waals surface area contributed by atoms with Crippen molar-refractivity contribution in [1.29, 1.82) is 0 Å². The molecule has 0 saturated heterocycles. The monoisotopic (exact) mass is 845 g/mol. The average molecular weight is 846 g/mol. The van der Waals surface area contributed by atoms with Crippen LogP contribution >= 0.6 is 0 Å². The van der Waals surface area contributed by atoms with Crippen LogP contribution < -0.4 is 36.8 Å². The van der Waals surface area contributed by atoms with Crippen molar-refractivity contribution in [3.05, 3.63) is 160 Å². The van der Waals surface area contributed by atoms with Crippen LogP contribution in [0.4, 0.5) is 28.4 Å². The minimum atomic E-state index is -0.0111. The summed E-state index contributed by atoms with van der Waals surface area (Å²) in [6, 6.07) is 43.3. The normalized spacial score (nSPS) is 15.4. The molecule has 0 fully saturated rings. The lowest BCUT2D eigenvalue weighted by atomic mass is 9.33. The number of anilines is 5. The third-order valence-electron chi connectivity index (χ3n) is 14.7. The number of furan rings is 2. The Morgan fingerprint density at radius 1 is 0.585 bits per heavy atom. The van der Waals surface area contributed by atoms with E-state index in [1.165, 1.54) is 71.8 Å². The molecule has 0 bridgehead atoms. The number of allylic oxidation sites excluding steroid dienone is 4. The lowest BCUT2D eigenvalue weighted by molar-refractivity contribution is 0.479. The summed E-state index contributed by atoms with van der Waals surface area (Å²) in [6.07, 6.45) is 13.4. The minimum absolute atomic E-state index is 0.0111. The summed E-state index contributed by atoms with van der Waals surface area (Å²) in [6.45, 7) is 16.1. The van der Waals surface area contributed by atoms with Gasteiger partial charge in [0.1, 0.15) is 16.5 Å². The number of para-hydroxylation sites is 3. The Labute approximate surface area is 380 Å². The molecule has 13 rings (SSSR count). The van der Waals surface area contributed by atoms with Gasteiger partial charge in [-0.15, -0.1) is 0 Å². The van der Waals surface area contributed by atoms with Crippen LogP contribution in [0.15, 0.2) is 148 Å². The molecule has 2 aliphatic heterocycles. The zero-order chi connectivity index (χ0) is 44.1. The number of fused-ring (bicyclic) bond motifs is 12. The summed E-state index contributed by atoms with van der Waals surface area (Å²) in [4.78, 5) is 5.04. The van der Waals surface area contributed by atoms with Crippen molar-refractivity contribution in [3.63, 3.8) is 0 Å². The van der Waals surface area contributed by atoms with Crippen LogP contribution in [0.25, 0.3) is 61.8 Å². The average Bonchev–Trinajstić information content (AvgIpc) is 3.97. The fourth-order valence-electron chi connectivity index (χ4n) is 11.6. The molecule has 3 aromatic heterocycles. The summed E-state index contributed by atoms with van der Waals surface area (Å²) >= 11 is 0. The first-order valence-corrected chi connectivity index (χ1v) is 23.5. The van der Waals surface area contributed by atoms with E-state index in [1.54, 1.807) is 0 Å². The van der Waals surface area contributed by atoms with Crippen LogP contribution in [0.2, 0.25) is 0 Å². The molecule has 6 heteroatoms. The predicted molar refractivity (Wildman–Crippen MR) is 274 cm³/mol. The van der Waals surface area contributed by atoms with E-state index >= 15 is 0 Å². The zero-order valence-electron chi connectivity index (χ0n) is 38.3. The van der Waals surface area contributed by atoms with E-state index in [-0.39, 0.29) is 17.5 Å². The third kappa shape index (κ3) is 5.59. The number of hydrogen-bond donors (Lipinski definition) is 0. The molecule has 2 aliphatic carbocycles. The van der Waals surface area contributed by atoms with Crippen molar-refractivity contribution in [3.8, 4) is 5.69 Å². The first kappa shape index (κ1) is 38.5. The van der Waals surface area contributed by atoms with Crippen molar-refractivity contribution in [2.75, 3.05) is 9.80 Å². The molecule has 0 amide bonds. The molecule has 65 heavy (non-hydrogen) atoms. The van der Waals surface area contributed by atoms with E-state index in [0.717, 1.165) is 81.4 Å². The number of rotatable bonds is 4. The molecular formula is C59H52BN3O2. The highest BCUT2D eigenvalue weighted by Crippen LogP contribution is 2.47. The summed E-state index contributed by atoms with van der Waals surface area (Å²) in [5.74, 6) is 0. The second-order valence-electron chi connectivity index (χ2n) is 20.8. The quantitative estimate of drug-likeness (QED) is 0.165. The Morgan fingerprint density at radius 3 is 2.14 bits per heavy atom. The maximum atomic E-state index is 6.92. The Bertz CT molecular complexity index is 3710. The maximum absolute atomic E-state index is 6.92. The third-order valence-corrected chi connectivity index (χ3v) is 14.7. The van der Waals surface area contributed by atoms with E-state index in [9.17, 15) is 0 Å². The number of benzene rings is 6. The van der Waals surface area contributed by atoms with E-state index in [4.69, 9.17) is 8.83 Å². The summed E-state index contributed by atoms with van der Waals surface area (Å²) in [5, 5.41) is 4.63. The predicted octanol–water partition coefficient (Wildman–Crippen LogP) is 12.6. The van der Waals surface area contributed by atoms with Gasteiger partial charge in [-0.05, 0) is 138 Å². The van der Waals surface area contributed by atoms with Gasteiger partial charge in [0, 0.05) is 55.5 Å². The Kier molecular flexibility index (Phi) is 8.04. The van der Waals surface area contributed by atoms with Gasteiger partial charge >= 0.3 is 0 Å². The highest BCUT2D eigenvalue weighted by atomic mass is 16.3. The van der Waals surface area contributed by atoms with E-state index in [0.29, 0.717) is 0 Å². The van der Waals surface area contributed by atoms with Crippen LogP contribution in [0.5, 0.6) is 0 Å². The highest BCUT2D eigenvalue weighted by molar-refractivity contribution is 7.00. The zero-order valence-corrected chi connectivity index (χ0v) is 38.3. The number of aromatic nitrogens is 1. The molecule has 0 saturated carbocycles. The van der Waals surface area contributed by atoms with Crippen molar-refractivity contribution in [2.45, 2.75) is 79.6 Å². The van der Waals surface area contributed by atoms with Crippen molar-refractivity contribution in [2.24, 2.45) is 5.41 Å². The van der Waals surface area contributed by atoms with Gasteiger partial charge < -0.3 is 23.2 Å². The van der Waals surface area contributed by atoms with Gasteiger partial charge in [-0.25, -0.2) is 0 Å². The molecule has 0 radical (unpaired) electrons. The molecule has 0 spiro atoms. The molecular weight excluding hydrogens is 793 g/mol. The van der Waals surface area contributed by atoms with Gasteiger partial charge in [-0.3, -0.25) is 0 Å². The van der Waals surface area contributed by atoms with Crippen LogP contribution in [-0.2, 0) is 5.41 Å². The molecule has 5 nitrogen and oxygen atoms in total. The lowest BCUT2D eigenvalue weighted by Gasteiger charge is -2.41. The SMILES string of the molecule is Cc1cc2c3c(c1)-n1c4c(cccc4c4oc5c(c41)=CCCC=5)B3c1ccc(N(C3=CC=C(C(C)(C)C)CC3)c3ccc(C(C)(C)C)cc3)cc1N2c1cccc2c1oc1ccccc12. The lowest BCUT2D eigenvalue weighted by Crippen LogP contribution is -2.60. The first-order valence-electron chi connectivity index (χ1n) is 23.5. The maximum Gasteiger partial charge on any atom is 0.252 e. The fourth-order valence-corrected chi connectivity index (χ4v) is 11.6. The second-order valence-corrected chi connectivity index (χ2v) is 20.8.